The minimum absolute atomic E-state index is 0.524. The zero-order valence-corrected chi connectivity index (χ0v) is 9.19. The Hall–Kier alpha value is -0.260. The molecule has 0 heterocycles. The monoisotopic (exact) mass is 168 g/mol. The van der Waals surface area contributed by atoms with Gasteiger partial charge in [0, 0.05) is 0 Å². The van der Waals surface area contributed by atoms with Crippen LogP contribution >= 0.6 is 0 Å². The van der Waals surface area contributed by atoms with E-state index in [4.69, 9.17) is 0 Å². The van der Waals surface area contributed by atoms with Gasteiger partial charge in [-0.1, -0.05) is 33.8 Å². The molecule has 0 saturated heterocycles. The Morgan fingerprint density at radius 1 is 1.08 bits per heavy atom. The standard InChI is InChI=1S/C12H24/c1-6-11(7-2)12(8-3,9-4)10-5/h6,11H,1,7-10H2,2-5H3. The van der Waals surface area contributed by atoms with Gasteiger partial charge in [-0.25, -0.2) is 0 Å². The molecule has 0 aromatic carbocycles. The summed E-state index contributed by atoms with van der Waals surface area (Å²) >= 11 is 0. The molecule has 0 rings (SSSR count). The van der Waals surface area contributed by atoms with E-state index in [9.17, 15) is 0 Å². The first-order valence-electron chi connectivity index (χ1n) is 5.33. The Labute approximate surface area is 78.1 Å². The Morgan fingerprint density at radius 3 is 1.58 bits per heavy atom. The Morgan fingerprint density at radius 2 is 1.50 bits per heavy atom. The predicted octanol–water partition coefficient (Wildman–Crippen LogP) is 4.42. The highest BCUT2D eigenvalue weighted by Gasteiger charge is 2.30. The molecule has 0 N–H and O–H groups in total. The zero-order chi connectivity index (χ0) is 9.61. The minimum atomic E-state index is 0.524. The van der Waals surface area contributed by atoms with Gasteiger partial charge in [0.15, 0.2) is 0 Å². The van der Waals surface area contributed by atoms with E-state index in [2.05, 4.69) is 40.3 Å². The van der Waals surface area contributed by atoms with Gasteiger partial charge in [0.05, 0.1) is 0 Å². The molecule has 0 aliphatic carbocycles. The van der Waals surface area contributed by atoms with Gasteiger partial charge in [-0.2, -0.15) is 0 Å². The highest BCUT2D eigenvalue weighted by Crippen LogP contribution is 2.40. The highest BCUT2D eigenvalue weighted by atomic mass is 14.3. The van der Waals surface area contributed by atoms with Crippen LogP contribution < -0.4 is 0 Å². The SMILES string of the molecule is C=CC(CC)C(CC)(CC)CC. The lowest BCUT2D eigenvalue weighted by molar-refractivity contribution is 0.166. The molecule has 0 amide bonds. The summed E-state index contributed by atoms with van der Waals surface area (Å²) in [5.41, 5.74) is 0.524. The smallest absolute Gasteiger partial charge is 0.0182 e. The fourth-order valence-corrected chi connectivity index (χ4v) is 2.39. The van der Waals surface area contributed by atoms with Crippen molar-refractivity contribution in [1.82, 2.24) is 0 Å². The van der Waals surface area contributed by atoms with Crippen LogP contribution in [0.15, 0.2) is 12.7 Å². The highest BCUT2D eigenvalue weighted by molar-refractivity contribution is 4.92. The first kappa shape index (κ1) is 11.7. The van der Waals surface area contributed by atoms with Crippen molar-refractivity contribution in [3.05, 3.63) is 12.7 Å². The zero-order valence-electron chi connectivity index (χ0n) is 9.19. The third-order valence-electron chi connectivity index (χ3n) is 3.62. The predicted molar refractivity (Wildman–Crippen MR) is 57.3 cm³/mol. The van der Waals surface area contributed by atoms with Gasteiger partial charge in [0.25, 0.3) is 0 Å². The van der Waals surface area contributed by atoms with E-state index in [1.807, 2.05) is 0 Å². The van der Waals surface area contributed by atoms with Crippen LogP contribution in [0.2, 0.25) is 0 Å². The fourth-order valence-electron chi connectivity index (χ4n) is 2.39. The van der Waals surface area contributed by atoms with Gasteiger partial charge in [-0.05, 0) is 37.0 Å². The maximum Gasteiger partial charge on any atom is -0.0182 e. The van der Waals surface area contributed by atoms with Crippen LogP contribution in [0.25, 0.3) is 0 Å². The topological polar surface area (TPSA) is 0 Å². The average Bonchev–Trinajstić information content (AvgIpc) is 2.14. The molecule has 0 aromatic rings. The molecule has 72 valence electrons. The molecule has 0 nitrogen and oxygen atoms in total. The van der Waals surface area contributed by atoms with Crippen LogP contribution in [0, 0.1) is 11.3 Å². The van der Waals surface area contributed by atoms with Crippen molar-refractivity contribution in [2.45, 2.75) is 53.4 Å². The third kappa shape index (κ3) is 2.12. The summed E-state index contributed by atoms with van der Waals surface area (Å²) < 4.78 is 0. The second kappa shape index (κ2) is 5.40. The van der Waals surface area contributed by atoms with Crippen LogP contribution in [0.4, 0.5) is 0 Å². The number of hydrogen-bond acceptors (Lipinski definition) is 0. The summed E-state index contributed by atoms with van der Waals surface area (Å²) in [6.45, 7) is 13.1. The van der Waals surface area contributed by atoms with E-state index in [1.165, 1.54) is 25.7 Å². The fraction of sp³-hybridized carbons (Fsp3) is 0.833. The molecule has 1 atom stereocenters. The number of hydrogen-bond donors (Lipinski definition) is 0. The molecule has 0 aromatic heterocycles. The Bertz CT molecular complexity index is 112. The van der Waals surface area contributed by atoms with Crippen LogP contribution in [0.5, 0.6) is 0 Å². The summed E-state index contributed by atoms with van der Waals surface area (Å²) in [5.74, 6) is 0.706. The summed E-state index contributed by atoms with van der Waals surface area (Å²) in [4.78, 5) is 0. The summed E-state index contributed by atoms with van der Waals surface area (Å²) in [6.07, 6.45) is 7.23. The van der Waals surface area contributed by atoms with Crippen molar-refractivity contribution in [1.29, 1.82) is 0 Å². The van der Waals surface area contributed by atoms with Crippen molar-refractivity contribution in [3.8, 4) is 0 Å². The van der Waals surface area contributed by atoms with E-state index >= 15 is 0 Å². The van der Waals surface area contributed by atoms with Crippen LogP contribution in [0.3, 0.4) is 0 Å². The van der Waals surface area contributed by atoms with E-state index in [1.54, 1.807) is 0 Å². The van der Waals surface area contributed by atoms with Crippen molar-refractivity contribution < 1.29 is 0 Å². The van der Waals surface area contributed by atoms with E-state index in [0.29, 0.717) is 11.3 Å². The molecular weight excluding hydrogens is 144 g/mol. The normalized spacial score (nSPS) is 14.3. The van der Waals surface area contributed by atoms with Crippen molar-refractivity contribution in [3.63, 3.8) is 0 Å². The van der Waals surface area contributed by atoms with Gasteiger partial charge in [0.1, 0.15) is 0 Å². The first-order chi connectivity index (χ1) is 5.70. The number of rotatable bonds is 6. The quantitative estimate of drug-likeness (QED) is 0.515. The molecule has 12 heavy (non-hydrogen) atoms. The van der Waals surface area contributed by atoms with E-state index in [-0.39, 0.29) is 0 Å². The van der Waals surface area contributed by atoms with Crippen molar-refractivity contribution >= 4 is 0 Å². The molecule has 0 bridgehead atoms. The maximum atomic E-state index is 3.94. The third-order valence-corrected chi connectivity index (χ3v) is 3.62. The van der Waals surface area contributed by atoms with Gasteiger partial charge in [0.2, 0.25) is 0 Å². The molecular formula is C12H24. The summed E-state index contributed by atoms with van der Waals surface area (Å²) in [7, 11) is 0. The lowest BCUT2D eigenvalue weighted by Gasteiger charge is -2.37. The molecule has 0 aliphatic rings. The molecule has 0 spiro atoms. The summed E-state index contributed by atoms with van der Waals surface area (Å²) in [6, 6.07) is 0. The largest absolute Gasteiger partial charge is 0.103 e. The molecule has 0 fully saturated rings. The second-order valence-electron chi connectivity index (χ2n) is 3.67. The Balaban J connectivity index is 4.53. The summed E-state index contributed by atoms with van der Waals surface area (Å²) in [5, 5.41) is 0. The van der Waals surface area contributed by atoms with Gasteiger partial charge < -0.3 is 0 Å². The molecule has 0 saturated carbocycles. The van der Waals surface area contributed by atoms with Gasteiger partial charge >= 0.3 is 0 Å². The van der Waals surface area contributed by atoms with Crippen molar-refractivity contribution in [2.75, 3.05) is 0 Å². The van der Waals surface area contributed by atoms with E-state index in [0.717, 1.165) is 0 Å². The van der Waals surface area contributed by atoms with Crippen LogP contribution in [0.1, 0.15) is 53.4 Å². The molecule has 0 heteroatoms. The average molecular weight is 168 g/mol. The maximum absolute atomic E-state index is 3.94. The molecule has 0 aliphatic heterocycles. The van der Waals surface area contributed by atoms with Crippen LogP contribution in [-0.2, 0) is 0 Å². The Kier molecular flexibility index (Phi) is 5.28. The minimum Gasteiger partial charge on any atom is -0.103 e. The van der Waals surface area contributed by atoms with Crippen LogP contribution in [-0.4, -0.2) is 0 Å². The van der Waals surface area contributed by atoms with E-state index < -0.39 is 0 Å². The lowest BCUT2D eigenvalue weighted by Crippen LogP contribution is -2.26. The van der Waals surface area contributed by atoms with Gasteiger partial charge in [-0.3, -0.25) is 0 Å². The first-order valence-corrected chi connectivity index (χ1v) is 5.33. The molecule has 1 unspecified atom stereocenters. The van der Waals surface area contributed by atoms with Gasteiger partial charge in [-0.15, -0.1) is 6.58 Å². The van der Waals surface area contributed by atoms with Crippen molar-refractivity contribution in [2.24, 2.45) is 11.3 Å². The number of allylic oxidation sites excluding steroid dienone is 1. The molecule has 0 radical (unpaired) electrons. The second-order valence-corrected chi connectivity index (χ2v) is 3.67. The lowest BCUT2D eigenvalue weighted by atomic mass is 9.68.